The minimum absolute atomic E-state index is 0.293. The van der Waals surface area contributed by atoms with Crippen LogP contribution in [0, 0.1) is 0 Å². The maximum Gasteiger partial charge on any atom is 0.326 e. The molecule has 1 aromatic rings. The van der Waals surface area contributed by atoms with E-state index in [1.165, 1.54) is 6.07 Å². The lowest BCUT2D eigenvalue weighted by Crippen LogP contribution is -2.45. The van der Waals surface area contributed by atoms with Crippen LogP contribution in [0.1, 0.15) is 30.1 Å². The first-order valence-corrected chi connectivity index (χ1v) is 6.87. The first kappa shape index (κ1) is 17.0. The Morgan fingerprint density at radius 2 is 2.05 bits per heavy atom. The summed E-state index contributed by atoms with van der Waals surface area (Å²) in [5, 5.41) is 14.1. The predicted molar refractivity (Wildman–Crippen MR) is 78.3 cm³/mol. The van der Waals surface area contributed by atoms with Crippen molar-refractivity contribution in [1.82, 2.24) is 10.6 Å². The number of rotatable bonds is 7. The molecule has 0 radical (unpaired) electrons. The quantitative estimate of drug-likeness (QED) is 0.710. The molecule has 0 saturated heterocycles. The highest BCUT2D eigenvalue weighted by Gasteiger charge is 2.19. The van der Waals surface area contributed by atoms with Gasteiger partial charge in [-0.2, -0.15) is 0 Å². The Balaban J connectivity index is 2.49. The molecule has 1 atom stereocenters. The fourth-order valence-corrected chi connectivity index (χ4v) is 1.87. The Morgan fingerprint density at radius 1 is 1.33 bits per heavy atom. The number of nitrogens with one attached hydrogen (secondary N) is 2. The highest BCUT2D eigenvalue weighted by atomic mass is 35.5. The second-order valence-corrected chi connectivity index (χ2v) is 4.88. The zero-order valence-corrected chi connectivity index (χ0v) is 12.3. The van der Waals surface area contributed by atoms with E-state index in [-0.39, 0.29) is 6.54 Å². The molecule has 2 amide bonds. The third-order valence-electron chi connectivity index (χ3n) is 2.71. The van der Waals surface area contributed by atoms with Crippen LogP contribution in [0.2, 0.25) is 5.02 Å². The summed E-state index contributed by atoms with van der Waals surface area (Å²) >= 11 is 5.77. The van der Waals surface area contributed by atoms with Gasteiger partial charge in [0.15, 0.2) is 0 Å². The van der Waals surface area contributed by atoms with Crippen molar-refractivity contribution in [3.05, 3.63) is 34.9 Å². The number of carbonyl (C=O) groups excluding carboxylic acids is 2. The summed E-state index contributed by atoms with van der Waals surface area (Å²) in [6.45, 7) is 1.53. The molecule has 0 aliphatic heterocycles. The third-order valence-corrected chi connectivity index (χ3v) is 2.94. The van der Waals surface area contributed by atoms with Crippen molar-refractivity contribution in [2.75, 3.05) is 6.54 Å². The lowest BCUT2D eigenvalue weighted by Gasteiger charge is -2.13. The average molecular weight is 313 g/mol. The van der Waals surface area contributed by atoms with Gasteiger partial charge in [0.2, 0.25) is 5.91 Å². The molecule has 1 aromatic carbocycles. The molecule has 114 valence electrons. The van der Waals surface area contributed by atoms with E-state index >= 15 is 0 Å². The van der Waals surface area contributed by atoms with Gasteiger partial charge in [0.05, 0.1) is 6.54 Å². The molecule has 0 bridgehead atoms. The summed E-state index contributed by atoms with van der Waals surface area (Å²) in [6, 6.07) is 5.36. The van der Waals surface area contributed by atoms with E-state index in [0.717, 1.165) is 0 Å². The van der Waals surface area contributed by atoms with Crippen LogP contribution in [-0.4, -0.2) is 35.5 Å². The standard InChI is InChI=1S/C14H17ClN2O4/c1-2-4-11(14(20)21)17-12(18)8-16-13(19)9-5-3-6-10(15)7-9/h3,5-7,11H,2,4,8H2,1H3,(H,16,19)(H,17,18)(H,20,21)/t11-/m0/s1. The van der Waals surface area contributed by atoms with E-state index in [4.69, 9.17) is 16.7 Å². The zero-order chi connectivity index (χ0) is 15.8. The SMILES string of the molecule is CCC[C@H](NC(=O)CNC(=O)c1cccc(Cl)c1)C(=O)O. The van der Waals surface area contributed by atoms with Crippen molar-refractivity contribution in [2.24, 2.45) is 0 Å². The first-order valence-electron chi connectivity index (χ1n) is 6.50. The number of hydrogen-bond acceptors (Lipinski definition) is 3. The van der Waals surface area contributed by atoms with Crippen molar-refractivity contribution < 1.29 is 19.5 Å². The number of carboxylic acids is 1. The molecule has 0 spiro atoms. The molecule has 0 heterocycles. The summed E-state index contributed by atoms with van der Waals surface area (Å²) in [6.07, 6.45) is 0.968. The van der Waals surface area contributed by atoms with E-state index in [9.17, 15) is 14.4 Å². The Kier molecular flexibility index (Phi) is 6.68. The van der Waals surface area contributed by atoms with E-state index in [0.29, 0.717) is 23.4 Å². The largest absolute Gasteiger partial charge is 0.480 e. The monoisotopic (exact) mass is 312 g/mol. The number of hydrogen-bond donors (Lipinski definition) is 3. The van der Waals surface area contributed by atoms with Gasteiger partial charge in [-0.15, -0.1) is 0 Å². The number of benzene rings is 1. The lowest BCUT2D eigenvalue weighted by atomic mass is 10.1. The lowest BCUT2D eigenvalue weighted by molar-refractivity contribution is -0.141. The second-order valence-electron chi connectivity index (χ2n) is 4.44. The predicted octanol–water partition coefficient (Wildman–Crippen LogP) is 1.44. The maximum absolute atomic E-state index is 11.8. The first-order chi connectivity index (χ1) is 9.93. The van der Waals surface area contributed by atoms with Gasteiger partial charge in [0.25, 0.3) is 5.91 Å². The Morgan fingerprint density at radius 3 is 2.62 bits per heavy atom. The molecule has 0 aliphatic carbocycles. The van der Waals surface area contributed by atoms with Gasteiger partial charge in [0.1, 0.15) is 6.04 Å². The van der Waals surface area contributed by atoms with Gasteiger partial charge in [-0.1, -0.05) is 31.0 Å². The van der Waals surface area contributed by atoms with Crippen molar-refractivity contribution in [2.45, 2.75) is 25.8 Å². The smallest absolute Gasteiger partial charge is 0.326 e. The normalized spacial score (nSPS) is 11.5. The van der Waals surface area contributed by atoms with Crippen molar-refractivity contribution in [3.8, 4) is 0 Å². The molecule has 0 aromatic heterocycles. The van der Waals surface area contributed by atoms with Gasteiger partial charge >= 0.3 is 5.97 Å². The number of amides is 2. The molecule has 0 fully saturated rings. The molecule has 21 heavy (non-hydrogen) atoms. The van der Waals surface area contributed by atoms with Crippen LogP contribution in [0.25, 0.3) is 0 Å². The average Bonchev–Trinajstić information content (AvgIpc) is 2.44. The number of carbonyl (C=O) groups is 3. The Labute approximate surface area is 127 Å². The summed E-state index contributed by atoms with van der Waals surface area (Å²) in [7, 11) is 0. The molecule has 6 nitrogen and oxygen atoms in total. The number of halogens is 1. The summed E-state index contributed by atoms with van der Waals surface area (Å²) in [4.78, 5) is 34.3. The minimum atomic E-state index is -1.09. The van der Waals surface area contributed by atoms with Crippen molar-refractivity contribution in [3.63, 3.8) is 0 Å². The third kappa shape index (κ3) is 5.83. The van der Waals surface area contributed by atoms with E-state index in [2.05, 4.69) is 10.6 Å². The van der Waals surface area contributed by atoms with Crippen LogP contribution in [0.5, 0.6) is 0 Å². The van der Waals surface area contributed by atoms with Crippen LogP contribution in [-0.2, 0) is 9.59 Å². The highest BCUT2D eigenvalue weighted by molar-refractivity contribution is 6.30. The van der Waals surface area contributed by atoms with Crippen LogP contribution in [0.3, 0.4) is 0 Å². The molecule has 3 N–H and O–H groups in total. The molecule has 7 heteroatoms. The van der Waals surface area contributed by atoms with Crippen LogP contribution in [0.4, 0.5) is 0 Å². The molecule has 1 rings (SSSR count). The van der Waals surface area contributed by atoms with Crippen LogP contribution in [0.15, 0.2) is 24.3 Å². The fraction of sp³-hybridized carbons (Fsp3) is 0.357. The van der Waals surface area contributed by atoms with Gasteiger partial charge in [-0.25, -0.2) is 4.79 Å². The van der Waals surface area contributed by atoms with Crippen molar-refractivity contribution in [1.29, 1.82) is 0 Å². The van der Waals surface area contributed by atoms with Gasteiger partial charge in [0, 0.05) is 10.6 Å². The van der Waals surface area contributed by atoms with Crippen LogP contribution >= 0.6 is 11.6 Å². The van der Waals surface area contributed by atoms with Crippen molar-refractivity contribution >= 4 is 29.4 Å². The number of carboxylic acid groups (broad SMARTS) is 1. The maximum atomic E-state index is 11.8. The Hall–Kier alpha value is -2.08. The summed E-state index contributed by atoms with van der Waals surface area (Å²) in [5.74, 6) is -2.09. The highest BCUT2D eigenvalue weighted by Crippen LogP contribution is 2.10. The number of aliphatic carboxylic acids is 1. The van der Waals surface area contributed by atoms with E-state index < -0.39 is 23.8 Å². The topological polar surface area (TPSA) is 95.5 Å². The van der Waals surface area contributed by atoms with Gasteiger partial charge < -0.3 is 15.7 Å². The van der Waals surface area contributed by atoms with Gasteiger partial charge in [-0.3, -0.25) is 9.59 Å². The fourth-order valence-electron chi connectivity index (χ4n) is 1.68. The molecule has 0 aliphatic rings. The molecular formula is C14H17ClN2O4. The minimum Gasteiger partial charge on any atom is -0.480 e. The second kappa shape index (κ2) is 8.26. The van der Waals surface area contributed by atoms with Gasteiger partial charge in [-0.05, 0) is 24.6 Å². The van der Waals surface area contributed by atoms with E-state index in [1.54, 1.807) is 18.2 Å². The van der Waals surface area contributed by atoms with E-state index in [1.807, 2.05) is 6.92 Å². The molecule has 0 unspecified atom stereocenters. The molecular weight excluding hydrogens is 296 g/mol. The molecule has 0 saturated carbocycles. The zero-order valence-electron chi connectivity index (χ0n) is 11.6. The van der Waals surface area contributed by atoms with Crippen LogP contribution < -0.4 is 10.6 Å². The summed E-state index contributed by atoms with van der Waals surface area (Å²) in [5.41, 5.74) is 0.332. The Bertz CT molecular complexity index is 533. The summed E-state index contributed by atoms with van der Waals surface area (Å²) < 4.78 is 0.